The summed E-state index contributed by atoms with van der Waals surface area (Å²) >= 11 is 12.0. The molecule has 0 amide bonds. The number of aryl methyl sites for hydroxylation is 1. The van der Waals surface area contributed by atoms with Crippen LogP contribution in [-0.4, -0.2) is 27.6 Å². The molecule has 0 radical (unpaired) electrons. The van der Waals surface area contributed by atoms with Gasteiger partial charge in [0.15, 0.2) is 0 Å². The Balaban J connectivity index is 2.06. The minimum absolute atomic E-state index is 0.300. The number of rotatable bonds is 6. The van der Waals surface area contributed by atoms with Crippen molar-refractivity contribution in [2.75, 3.05) is 6.54 Å². The molecule has 108 valence electrons. The first-order valence-electron chi connectivity index (χ1n) is 6.61. The minimum atomic E-state index is 0.300. The maximum Gasteiger partial charge on any atom is 0.0842 e. The first kappa shape index (κ1) is 15.3. The molecule has 4 nitrogen and oxygen atoms in total. The van der Waals surface area contributed by atoms with Gasteiger partial charge < -0.3 is 5.32 Å². The Labute approximate surface area is 129 Å². The molecule has 1 atom stereocenters. The van der Waals surface area contributed by atoms with Crippen molar-refractivity contribution in [3.8, 4) is 0 Å². The average Bonchev–Trinajstić information content (AvgIpc) is 2.80. The van der Waals surface area contributed by atoms with Crippen LogP contribution in [0.4, 0.5) is 0 Å². The van der Waals surface area contributed by atoms with Gasteiger partial charge in [-0.1, -0.05) is 41.4 Å². The summed E-state index contributed by atoms with van der Waals surface area (Å²) in [5, 5.41) is 12.8. The number of nitrogens with one attached hydrogen (secondary N) is 1. The number of aromatic nitrogens is 3. The van der Waals surface area contributed by atoms with E-state index in [2.05, 4.69) is 22.6 Å². The number of likely N-dealkylation sites (N-methyl/N-ethyl adjacent to an activating group) is 1. The van der Waals surface area contributed by atoms with Crippen molar-refractivity contribution in [2.24, 2.45) is 7.05 Å². The Kier molecular flexibility index (Phi) is 5.40. The first-order valence-corrected chi connectivity index (χ1v) is 7.36. The molecule has 0 spiro atoms. The third kappa shape index (κ3) is 4.20. The van der Waals surface area contributed by atoms with Gasteiger partial charge in [-0.15, -0.1) is 5.10 Å². The highest BCUT2D eigenvalue weighted by atomic mass is 35.5. The fourth-order valence-electron chi connectivity index (χ4n) is 2.20. The van der Waals surface area contributed by atoms with Crippen LogP contribution in [0, 0.1) is 0 Å². The summed E-state index contributed by atoms with van der Waals surface area (Å²) < 4.78 is 1.72. The van der Waals surface area contributed by atoms with Gasteiger partial charge in [-0.05, 0) is 30.7 Å². The Morgan fingerprint density at radius 2 is 2.05 bits per heavy atom. The molecule has 1 N–H and O–H groups in total. The number of hydrogen-bond acceptors (Lipinski definition) is 3. The van der Waals surface area contributed by atoms with E-state index < -0.39 is 0 Å². The monoisotopic (exact) mass is 312 g/mol. The lowest BCUT2D eigenvalue weighted by Gasteiger charge is -2.17. The molecule has 6 heteroatoms. The predicted octanol–water partition coefficient (Wildman–Crippen LogP) is 2.89. The van der Waals surface area contributed by atoms with E-state index in [1.54, 1.807) is 4.68 Å². The second-order valence-electron chi connectivity index (χ2n) is 4.79. The molecule has 0 aliphatic heterocycles. The van der Waals surface area contributed by atoms with E-state index in [-0.39, 0.29) is 0 Å². The van der Waals surface area contributed by atoms with Gasteiger partial charge in [0.1, 0.15) is 0 Å². The highest BCUT2D eigenvalue weighted by Gasteiger charge is 2.12. The van der Waals surface area contributed by atoms with Crippen LogP contribution in [0.2, 0.25) is 10.0 Å². The second-order valence-corrected chi connectivity index (χ2v) is 5.61. The molecule has 0 aliphatic rings. The van der Waals surface area contributed by atoms with E-state index in [0.717, 1.165) is 30.6 Å². The largest absolute Gasteiger partial charge is 0.314 e. The molecule has 2 aromatic rings. The number of halogens is 2. The lowest BCUT2D eigenvalue weighted by molar-refractivity contribution is 0.516. The molecule has 1 aromatic carbocycles. The molecular formula is C14H18Cl2N4. The van der Waals surface area contributed by atoms with Crippen LogP contribution in [-0.2, 0) is 19.9 Å². The zero-order valence-corrected chi connectivity index (χ0v) is 13.1. The molecule has 0 saturated carbocycles. The van der Waals surface area contributed by atoms with Crippen molar-refractivity contribution >= 4 is 23.2 Å². The zero-order valence-electron chi connectivity index (χ0n) is 11.6. The van der Waals surface area contributed by atoms with Crippen LogP contribution >= 0.6 is 23.2 Å². The van der Waals surface area contributed by atoms with Crippen molar-refractivity contribution < 1.29 is 0 Å². The second kappa shape index (κ2) is 7.07. The van der Waals surface area contributed by atoms with Gasteiger partial charge in [0.2, 0.25) is 0 Å². The van der Waals surface area contributed by atoms with Gasteiger partial charge in [0.05, 0.1) is 15.7 Å². The van der Waals surface area contributed by atoms with Gasteiger partial charge in [0.25, 0.3) is 0 Å². The molecular weight excluding hydrogens is 295 g/mol. The van der Waals surface area contributed by atoms with Crippen molar-refractivity contribution in [3.05, 3.63) is 45.7 Å². The van der Waals surface area contributed by atoms with E-state index in [1.165, 1.54) is 0 Å². The fraction of sp³-hybridized carbons (Fsp3) is 0.429. The molecule has 1 heterocycles. The van der Waals surface area contributed by atoms with Gasteiger partial charge >= 0.3 is 0 Å². The Hall–Kier alpha value is -1.10. The van der Waals surface area contributed by atoms with E-state index in [0.29, 0.717) is 16.1 Å². The van der Waals surface area contributed by atoms with Gasteiger partial charge in [0, 0.05) is 25.7 Å². The summed E-state index contributed by atoms with van der Waals surface area (Å²) in [4.78, 5) is 0. The number of hydrogen-bond donors (Lipinski definition) is 1. The van der Waals surface area contributed by atoms with E-state index in [9.17, 15) is 0 Å². The molecule has 1 aromatic heterocycles. The maximum absolute atomic E-state index is 6.06. The summed E-state index contributed by atoms with van der Waals surface area (Å²) in [7, 11) is 1.87. The van der Waals surface area contributed by atoms with Crippen molar-refractivity contribution in [1.82, 2.24) is 20.3 Å². The predicted molar refractivity (Wildman–Crippen MR) is 82.3 cm³/mol. The molecule has 0 fully saturated rings. The van der Waals surface area contributed by atoms with Crippen molar-refractivity contribution in [1.29, 1.82) is 0 Å². The third-order valence-electron chi connectivity index (χ3n) is 3.06. The topological polar surface area (TPSA) is 42.7 Å². The van der Waals surface area contributed by atoms with Crippen LogP contribution in [0.5, 0.6) is 0 Å². The van der Waals surface area contributed by atoms with Crippen LogP contribution in [0.15, 0.2) is 24.4 Å². The van der Waals surface area contributed by atoms with E-state index in [1.807, 2.05) is 31.4 Å². The third-order valence-corrected chi connectivity index (χ3v) is 3.80. The van der Waals surface area contributed by atoms with Gasteiger partial charge in [-0.3, -0.25) is 4.68 Å². The van der Waals surface area contributed by atoms with Crippen molar-refractivity contribution in [2.45, 2.75) is 25.8 Å². The zero-order chi connectivity index (χ0) is 14.5. The molecule has 0 aliphatic carbocycles. The lowest BCUT2D eigenvalue weighted by atomic mass is 10.0. The molecule has 2 rings (SSSR count). The number of benzene rings is 1. The standard InChI is InChI=1S/C14H18Cl2N4/c1-3-17-11(8-12-9-20(2)19-18-12)6-10-4-5-13(15)14(16)7-10/h4-5,7,9,11,17H,3,6,8H2,1-2H3. The molecule has 0 bridgehead atoms. The maximum atomic E-state index is 6.06. The summed E-state index contributed by atoms with van der Waals surface area (Å²) in [5.74, 6) is 0. The summed E-state index contributed by atoms with van der Waals surface area (Å²) in [6.07, 6.45) is 3.66. The summed E-state index contributed by atoms with van der Waals surface area (Å²) in [5.41, 5.74) is 2.15. The fourth-order valence-corrected chi connectivity index (χ4v) is 2.52. The highest BCUT2D eigenvalue weighted by Crippen LogP contribution is 2.23. The quantitative estimate of drug-likeness (QED) is 0.892. The van der Waals surface area contributed by atoms with Crippen LogP contribution < -0.4 is 5.32 Å². The molecule has 20 heavy (non-hydrogen) atoms. The number of nitrogens with zero attached hydrogens (tertiary/aromatic N) is 3. The molecule has 1 unspecified atom stereocenters. The Bertz CT molecular complexity index is 568. The molecule has 0 saturated heterocycles. The van der Waals surface area contributed by atoms with Gasteiger partial charge in [-0.25, -0.2) is 0 Å². The van der Waals surface area contributed by atoms with Crippen LogP contribution in [0.1, 0.15) is 18.2 Å². The van der Waals surface area contributed by atoms with E-state index >= 15 is 0 Å². The summed E-state index contributed by atoms with van der Waals surface area (Å²) in [6, 6.07) is 6.07. The van der Waals surface area contributed by atoms with Crippen LogP contribution in [0.25, 0.3) is 0 Å². The SMILES string of the molecule is CCNC(Cc1ccc(Cl)c(Cl)c1)Cc1cn(C)nn1. The lowest BCUT2D eigenvalue weighted by Crippen LogP contribution is -2.33. The van der Waals surface area contributed by atoms with Crippen LogP contribution in [0.3, 0.4) is 0 Å². The van der Waals surface area contributed by atoms with Gasteiger partial charge in [-0.2, -0.15) is 0 Å². The summed E-state index contributed by atoms with van der Waals surface area (Å²) in [6.45, 7) is 3.00. The first-order chi connectivity index (χ1) is 9.58. The highest BCUT2D eigenvalue weighted by molar-refractivity contribution is 6.42. The normalized spacial score (nSPS) is 12.6. The van der Waals surface area contributed by atoms with E-state index in [4.69, 9.17) is 23.2 Å². The Morgan fingerprint density at radius 1 is 1.25 bits per heavy atom. The average molecular weight is 313 g/mol. The Morgan fingerprint density at radius 3 is 2.65 bits per heavy atom. The smallest absolute Gasteiger partial charge is 0.0842 e. The minimum Gasteiger partial charge on any atom is -0.314 e. The van der Waals surface area contributed by atoms with Crippen molar-refractivity contribution in [3.63, 3.8) is 0 Å².